The number of sulfonamides is 1. The van der Waals surface area contributed by atoms with Crippen LogP contribution >= 0.6 is 0 Å². The fraction of sp³-hybridized carbons (Fsp3) is 0.192. The van der Waals surface area contributed by atoms with Crippen LogP contribution in [-0.4, -0.2) is 56.6 Å². The fourth-order valence-corrected chi connectivity index (χ4v) is 6.83. The summed E-state index contributed by atoms with van der Waals surface area (Å²) in [5.74, 6) is -0.0389. The Kier molecular flexibility index (Phi) is 6.38. The third kappa shape index (κ3) is 4.54. The van der Waals surface area contributed by atoms with Gasteiger partial charge in [-0.3, -0.25) is 0 Å². The van der Waals surface area contributed by atoms with Gasteiger partial charge in [0.15, 0.2) is 5.65 Å². The molecule has 2 aromatic carbocycles. The predicted octanol–water partition coefficient (Wildman–Crippen LogP) is 4.14. The summed E-state index contributed by atoms with van der Waals surface area (Å²) < 4.78 is 74.1. The van der Waals surface area contributed by atoms with E-state index in [4.69, 9.17) is 4.74 Å². The normalized spacial score (nSPS) is 15.1. The summed E-state index contributed by atoms with van der Waals surface area (Å²) in [7, 11) is -6.00. The number of hydrogen-bond donors (Lipinski definition) is 0. The van der Waals surface area contributed by atoms with Gasteiger partial charge in [-0.1, -0.05) is 24.3 Å². The highest BCUT2D eigenvalue weighted by Gasteiger charge is 2.29. The third-order valence-electron chi connectivity index (χ3n) is 6.36. The summed E-state index contributed by atoms with van der Waals surface area (Å²) in [5, 5.41) is 0.493. The van der Waals surface area contributed by atoms with Crippen LogP contribution in [0.4, 0.5) is 4.39 Å². The van der Waals surface area contributed by atoms with E-state index in [0.29, 0.717) is 40.0 Å². The zero-order valence-electron chi connectivity index (χ0n) is 20.1. The summed E-state index contributed by atoms with van der Waals surface area (Å²) in [6.45, 7) is 0.342. The Morgan fingerprint density at radius 2 is 1.73 bits per heavy atom. The van der Waals surface area contributed by atoms with Crippen molar-refractivity contribution >= 4 is 36.7 Å². The largest absolute Gasteiger partial charge is 0.496 e. The molecule has 1 aliphatic heterocycles. The number of fused-ring (bicyclic) bond motifs is 1. The van der Waals surface area contributed by atoms with E-state index in [1.807, 2.05) is 0 Å². The van der Waals surface area contributed by atoms with Crippen molar-refractivity contribution in [3.05, 3.63) is 84.4 Å². The van der Waals surface area contributed by atoms with Gasteiger partial charge in [-0.05, 0) is 60.0 Å². The molecule has 8 nitrogen and oxygen atoms in total. The van der Waals surface area contributed by atoms with Crippen molar-refractivity contribution in [1.29, 1.82) is 0 Å². The van der Waals surface area contributed by atoms with Crippen molar-refractivity contribution in [2.75, 3.05) is 26.5 Å². The second-order valence-electron chi connectivity index (χ2n) is 8.65. The fourth-order valence-electron chi connectivity index (χ4n) is 4.55. The second kappa shape index (κ2) is 9.40. The van der Waals surface area contributed by atoms with Gasteiger partial charge in [0, 0.05) is 30.2 Å². The van der Waals surface area contributed by atoms with Crippen molar-refractivity contribution < 1.29 is 26.0 Å². The molecule has 0 saturated heterocycles. The lowest BCUT2D eigenvalue weighted by molar-refractivity contribution is 0.415. The number of benzene rings is 2. The van der Waals surface area contributed by atoms with Crippen molar-refractivity contribution in [2.24, 2.45) is 0 Å². The molecule has 0 N–H and O–H groups in total. The van der Waals surface area contributed by atoms with Crippen molar-refractivity contribution in [3.63, 3.8) is 0 Å². The number of nitrogens with zero attached hydrogens (tertiary/aromatic N) is 3. The Hall–Kier alpha value is -3.54. The van der Waals surface area contributed by atoms with E-state index in [-0.39, 0.29) is 23.6 Å². The van der Waals surface area contributed by atoms with E-state index < -0.39 is 25.9 Å². The van der Waals surface area contributed by atoms with Crippen LogP contribution in [0.1, 0.15) is 12.1 Å². The van der Waals surface area contributed by atoms with E-state index in [9.17, 15) is 21.2 Å². The Labute approximate surface area is 214 Å². The van der Waals surface area contributed by atoms with E-state index in [0.717, 1.165) is 6.26 Å². The summed E-state index contributed by atoms with van der Waals surface area (Å²) in [5.41, 5.74) is 2.24. The van der Waals surface area contributed by atoms with Crippen LogP contribution in [0.2, 0.25) is 0 Å². The molecule has 192 valence electrons. The first-order chi connectivity index (χ1) is 17.6. The summed E-state index contributed by atoms with van der Waals surface area (Å²) >= 11 is 0. The minimum atomic E-state index is -4.09. The van der Waals surface area contributed by atoms with Gasteiger partial charge in [0.1, 0.15) is 11.6 Å². The van der Waals surface area contributed by atoms with E-state index in [2.05, 4.69) is 4.98 Å². The average Bonchev–Trinajstić information content (AvgIpc) is 3.29. The summed E-state index contributed by atoms with van der Waals surface area (Å²) in [6, 6.07) is 15.5. The maximum atomic E-state index is 14.3. The lowest BCUT2D eigenvalue weighted by atomic mass is 10.0. The molecule has 2 aromatic heterocycles. The molecule has 0 spiro atoms. The topological polar surface area (TPSA) is 98.6 Å². The van der Waals surface area contributed by atoms with Gasteiger partial charge in [-0.25, -0.2) is 30.2 Å². The van der Waals surface area contributed by atoms with Gasteiger partial charge in [-0.15, -0.1) is 0 Å². The zero-order chi connectivity index (χ0) is 26.4. The standard InChI is InChI=1S/C26H24FN3O5S2/c1-35-25-9-8-19(27)16-22(25)21-10-13-28-26-23(21)17-24(18-11-14-29(15-12-18)36(2,31)32)30(26)37(33,34)20-6-4-3-5-7-20/h3-11,13,16-17H,12,14-15H2,1-2H3. The molecular formula is C26H24FN3O5S2. The Morgan fingerprint density at radius 3 is 2.38 bits per heavy atom. The monoisotopic (exact) mass is 541 g/mol. The van der Waals surface area contributed by atoms with Crippen LogP contribution in [0, 0.1) is 5.82 Å². The third-order valence-corrected chi connectivity index (χ3v) is 9.35. The van der Waals surface area contributed by atoms with Crippen molar-refractivity contribution in [3.8, 4) is 16.9 Å². The first-order valence-electron chi connectivity index (χ1n) is 11.4. The molecule has 0 radical (unpaired) electrons. The van der Waals surface area contributed by atoms with E-state index in [1.165, 1.54) is 51.9 Å². The number of hydrogen-bond acceptors (Lipinski definition) is 6. The highest BCUT2D eigenvalue weighted by atomic mass is 32.2. The summed E-state index contributed by atoms with van der Waals surface area (Å²) in [4.78, 5) is 4.50. The molecule has 0 amide bonds. The van der Waals surface area contributed by atoms with Gasteiger partial charge in [-0.2, -0.15) is 4.31 Å². The van der Waals surface area contributed by atoms with Gasteiger partial charge in [0.25, 0.3) is 10.0 Å². The molecule has 37 heavy (non-hydrogen) atoms. The Balaban J connectivity index is 1.79. The van der Waals surface area contributed by atoms with E-state index in [1.54, 1.807) is 36.4 Å². The molecule has 0 saturated carbocycles. The molecule has 0 bridgehead atoms. The average molecular weight is 542 g/mol. The Morgan fingerprint density at radius 1 is 0.973 bits per heavy atom. The first-order valence-corrected chi connectivity index (χ1v) is 14.7. The van der Waals surface area contributed by atoms with Gasteiger partial charge < -0.3 is 4.74 Å². The first kappa shape index (κ1) is 25.1. The number of rotatable bonds is 6. The minimum absolute atomic E-state index is 0.0819. The van der Waals surface area contributed by atoms with Crippen LogP contribution in [0.25, 0.3) is 27.7 Å². The predicted molar refractivity (Wildman–Crippen MR) is 140 cm³/mol. The van der Waals surface area contributed by atoms with Crippen LogP contribution < -0.4 is 4.74 Å². The highest BCUT2D eigenvalue weighted by molar-refractivity contribution is 7.90. The number of methoxy groups -OCH3 is 1. The maximum Gasteiger partial charge on any atom is 0.269 e. The lowest BCUT2D eigenvalue weighted by Crippen LogP contribution is -2.34. The van der Waals surface area contributed by atoms with Gasteiger partial charge >= 0.3 is 0 Å². The quantitative estimate of drug-likeness (QED) is 0.364. The molecule has 11 heteroatoms. The molecular weight excluding hydrogens is 517 g/mol. The maximum absolute atomic E-state index is 14.3. The van der Waals surface area contributed by atoms with Crippen LogP contribution in [0.3, 0.4) is 0 Å². The van der Waals surface area contributed by atoms with Crippen LogP contribution in [-0.2, 0) is 20.0 Å². The SMILES string of the molecule is COc1ccc(F)cc1-c1ccnc2c1cc(C1=CCN(S(C)(=O)=O)CC1)n2S(=O)(=O)c1ccccc1. The lowest BCUT2D eigenvalue weighted by Gasteiger charge is -2.24. The van der Waals surface area contributed by atoms with E-state index >= 15 is 0 Å². The number of halogens is 1. The molecule has 3 heterocycles. The minimum Gasteiger partial charge on any atom is -0.496 e. The molecule has 0 fully saturated rings. The highest BCUT2D eigenvalue weighted by Crippen LogP contribution is 2.39. The van der Waals surface area contributed by atoms with Crippen molar-refractivity contribution in [2.45, 2.75) is 11.3 Å². The van der Waals surface area contributed by atoms with Crippen LogP contribution in [0.15, 0.2) is 77.8 Å². The van der Waals surface area contributed by atoms with Crippen molar-refractivity contribution in [1.82, 2.24) is 13.3 Å². The molecule has 1 aliphatic rings. The number of aromatic nitrogens is 2. The molecule has 0 aliphatic carbocycles. The van der Waals surface area contributed by atoms with Gasteiger partial charge in [0.2, 0.25) is 10.0 Å². The van der Waals surface area contributed by atoms with Crippen LogP contribution in [0.5, 0.6) is 5.75 Å². The molecule has 0 unspecified atom stereocenters. The molecule has 0 atom stereocenters. The summed E-state index contributed by atoms with van der Waals surface area (Å²) in [6.07, 6.45) is 4.65. The zero-order valence-corrected chi connectivity index (χ0v) is 21.8. The second-order valence-corrected chi connectivity index (χ2v) is 12.4. The van der Waals surface area contributed by atoms with Gasteiger partial charge in [0.05, 0.1) is 24.0 Å². The number of ether oxygens (including phenoxy) is 1. The smallest absolute Gasteiger partial charge is 0.269 e. The Bertz CT molecular complexity index is 1750. The number of pyridine rings is 1. The molecule has 5 rings (SSSR count). The molecule has 4 aromatic rings.